The lowest BCUT2D eigenvalue weighted by molar-refractivity contribution is -0.146. The van der Waals surface area contributed by atoms with Gasteiger partial charge in [-0.15, -0.1) is 11.3 Å². The standard InChI is InChI=1S/C26H28N2O4S3/c1-3-4-13-35(30)18-20(16-31-2)32-25(29)17-34-26-22(15-27)21(19-9-6-5-7-10-19)14-23(28-26)24-11-8-12-33-24/h5-12,14,20H,3-4,13,16-18H2,1-2H3. The van der Waals surface area contributed by atoms with E-state index in [0.29, 0.717) is 16.3 Å². The van der Waals surface area contributed by atoms with Gasteiger partial charge in [0, 0.05) is 29.2 Å². The number of pyridine rings is 1. The second-order valence-electron chi connectivity index (χ2n) is 7.71. The summed E-state index contributed by atoms with van der Waals surface area (Å²) in [4.78, 5) is 18.3. The molecule has 2 atom stereocenters. The Balaban J connectivity index is 1.80. The summed E-state index contributed by atoms with van der Waals surface area (Å²) in [5.41, 5.74) is 2.84. The topological polar surface area (TPSA) is 89.3 Å². The van der Waals surface area contributed by atoms with Crippen LogP contribution < -0.4 is 0 Å². The first-order valence-electron chi connectivity index (χ1n) is 11.3. The van der Waals surface area contributed by atoms with E-state index in [4.69, 9.17) is 14.5 Å². The van der Waals surface area contributed by atoms with E-state index in [2.05, 4.69) is 6.07 Å². The molecule has 0 aliphatic rings. The zero-order valence-electron chi connectivity index (χ0n) is 19.8. The number of carbonyl (C=O) groups excluding carboxylic acids is 1. The van der Waals surface area contributed by atoms with Gasteiger partial charge in [-0.1, -0.05) is 61.5 Å². The van der Waals surface area contributed by atoms with Crippen LogP contribution in [0.2, 0.25) is 0 Å². The van der Waals surface area contributed by atoms with Crippen LogP contribution in [0.1, 0.15) is 25.3 Å². The number of ether oxygens (including phenoxy) is 2. The summed E-state index contributed by atoms with van der Waals surface area (Å²) in [5.74, 6) is 0.345. The van der Waals surface area contributed by atoms with Gasteiger partial charge in [-0.25, -0.2) is 4.98 Å². The van der Waals surface area contributed by atoms with Gasteiger partial charge in [0.2, 0.25) is 0 Å². The zero-order valence-corrected chi connectivity index (χ0v) is 22.2. The van der Waals surface area contributed by atoms with Gasteiger partial charge in [0.25, 0.3) is 0 Å². The molecule has 6 nitrogen and oxygen atoms in total. The first kappa shape index (κ1) is 27.1. The molecule has 2 heterocycles. The second-order valence-corrected chi connectivity index (χ2v) is 11.2. The largest absolute Gasteiger partial charge is 0.458 e. The Morgan fingerprint density at radius 3 is 2.71 bits per heavy atom. The Morgan fingerprint density at radius 2 is 2.06 bits per heavy atom. The Morgan fingerprint density at radius 1 is 1.26 bits per heavy atom. The monoisotopic (exact) mass is 528 g/mol. The fourth-order valence-electron chi connectivity index (χ4n) is 3.38. The number of rotatable bonds is 13. The molecule has 184 valence electrons. The first-order chi connectivity index (χ1) is 17.0. The number of nitriles is 1. The average Bonchev–Trinajstić information content (AvgIpc) is 3.41. The number of nitrogens with zero attached hydrogens (tertiary/aromatic N) is 2. The molecule has 0 spiro atoms. The molecule has 0 saturated carbocycles. The van der Waals surface area contributed by atoms with E-state index in [1.807, 2.05) is 60.8 Å². The first-order valence-corrected chi connectivity index (χ1v) is 14.6. The number of hydrogen-bond donors (Lipinski definition) is 0. The van der Waals surface area contributed by atoms with E-state index in [0.717, 1.165) is 34.5 Å². The van der Waals surface area contributed by atoms with E-state index in [1.165, 1.54) is 18.9 Å². The van der Waals surface area contributed by atoms with Crippen LogP contribution >= 0.6 is 23.1 Å². The third-order valence-electron chi connectivity index (χ3n) is 5.03. The third-order valence-corrected chi connectivity index (χ3v) is 8.36. The van der Waals surface area contributed by atoms with Crippen LogP contribution in [-0.2, 0) is 25.1 Å². The summed E-state index contributed by atoms with van der Waals surface area (Å²) < 4.78 is 23.0. The van der Waals surface area contributed by atoms with Crippen LogP contribution in [0.3, 0.4) is 0 Å². The van der Waals surface area contributed by atoms with Crippen molar-refractivity contribution < 1.29 is 18.5 Å². The molecular formula is C26H28N2O4S3. The van der Waals surface area contributed by atoms with Crippen LogP contribution in [-0.4, -0.2) is 52.2 Å². The van der Waals surface area contributed by atoms with E-state index < -0.39 is 22.9 Å². The van der Waals surface area contributed by atoms with Gasteiger partial charge in [0.1, 0.15) is 17.2 Å². The number of benzene rings is 1. The SMILES string of the molecule is CCCCS(=O)CC(COC)OC(=O)CSc1nc(-c2cccs2)cc(-c2ccccc2)c1C#N. The molecule has 35 heavy (non-hydrogen) atoms. The quantitative estimate of drug-likeness (QED) is 0.212. The van der Waals surface area contributed by atoms with Crippen molar-refractivity contribution >= 4 is 39.9 Å². The normalized spacial score (nSPS) is 12.6. The van der Waals surface area contributed by atoms with Gasteiger partial charge in [-0.2, -0.15) is 5.26 Å². The number of hydrogen-bond acceptors (Lipinski definition) is 8. The molecule has 0 aliphatic heterocycles. The summed E-state index contributed by atoms with van der Waals surface area (Å²) >= 11 is 2.74. The third kappa shape index (κ3) is 8.00. The van der Waals surface area contributed by atoms with Crippen LogP contribution in [0, 0.1) is 11.3 Å². The molecule has 3 rings (SSSR count). The zero-order chi connectivity index (χ0) is 25.0. The molecule has 0 amide bonds. The predicted molar refractivity (Wildman–Crippen MR) is 143 cm³/mol. The molecule has 3 aromatic rings. The van der Waals surface area contributed by atoms with Gasteiger partial charge in [0.05, 0.1) is 34.2 Å². The van der Waals surface area contributed by atoms with Crippen molar-refractivity contribution in [3.05, 3.63) is 59.5 Å². The summed E-state index contributed by atoms with van der Waals surface area (Å²) in [7, 11) is 0.447. The van der Waals surface area contributed by atoms with Crippen molar-refractivity contribution in [1.29, 1.82) is 5.26 Å². The molecule has 0 bridgehead atoms. The highest BCUT2D eigenvalue weighted by Crippen LogP contribution is 2.35. The van der Waals surface area contributed by atoms with Crippen LogP contribution in [0.4, 0.5) is 0 Å². The van der Waals surface area contributed by atoms with Crippen molar-refractivity contribution in [3.63, 3.8) is 0 Å². The van der Waals surface area contributed by atoms with Crippen molar-refractivity contribution in [2.45, 2.75) is 30.9 Å². The lowest BCUT2D eigenvalue weighted by Gasteiger charge is -2.17. The number of unbranched alkanes of at least 4 members (excludes halogenated alkanes) is 1. The van der Waals surface area contributed by atoms with Crippen molar-refractivity contribution in [2.75, 3.05) is 31.0 Å². The van der Waals surface area contributed by atoms with E-state index in [1.54, 1.807) is 11.3 Å². The summed E-state index contributed by atoms with van der Waals surface area (Å²) in [6.45, 7) is 2.23. The number of thiophene rings is 1. The lowest BCUT2D eigenvalue weighted by Crippen LogP contribution is -2.30. The summed E-state index contributed by atoms with van der Waals surface area (Å²) in [5, 5.41) is 12.4. The van der Waals surface area contributed by atoms with Gasteiger partial charge in [0.15, 0.2) is 0 Å². The molecule has 0 fully saturated rings. The minimum atomic E-state index is -1.08. The number of thioether (sulfide) groups is 1. The molecule has 0 saturated heterocycles. The maximum atomic E-state index is 12.7. The highest BCUT2D eigenvalue weighted by molar-refractivity contribution is 8.00. The van der Waals surface area contributed by atoms with Crippen LogP contribution in [0.15, 0.2) is 58.9 Å². The molecule has 2 unspecified atom stereocenters. The second kappa shape index (κ2) is 14.1. The highest BCUT2D eigenvalue weighted by atomic mass is 32.2. The van der Waals surface area contributed by atoms with Gasteiger partial charge < -0.3 is 9.47 Å². The summed E-state index contributed by atoms with van der Waals surface area (Å²) in [6, 6.07) is 17.8. The number of methoxy groups -OCH3 is 1. The Hall–Kier alpha value is -2.51. The predicted octanol–water partition coefficient (Wildman–Crippen LogP) is 5.55. The van der Waals surface area contributed by atoms with E-state index in [9.17, 15) is 14.3 Å². The average molecular weight is 529 g/mol. The molecule has 0 aliphatic carbocycles. The molecular weight excluding hydrogens is 500 g/mol. The van der Waals surface area contributed by atoms with Crippen molar-refractivity contribution in [1.82, 2.24) is 4.98 Å². The maximum Gasteiger partial charge on any atom is 0.316 e. The summed E-state index contributed by atoms with van der Waals surface area (Å²) in [6.07, 6.45) is 1.25. The Kier molecular flexibility index (Phi) is 10.9. The smallest absolute Gasteiger partial charge is 0.316 e. The lowest BCUT2D eigenvalue weighted by atomic mass is 10.0. The number of carbonyl (C=O) groups is 1. The van der Waals surface area contributed by atoms with E-state index in [-0.39, 0.29) is 18.1 Å². The minimum absolute atomic E-state index is 0.0222. The fourth-order valence-corrected chi connectivity index (χ4v) is 6.20. The van der Waals surface area contributed by atoms with Crippen LogP contribution in [0.25, 0.3) is 21.7 Å². The van der Waals surface area contributed by atoms with Gasteiger partial charge in [-0.3, -0.25) is 9.00 Å². The highest BCUT2D eigenvalue weighted by Gasteiger charge is 2.21. The Bertz CT molecular complexity index is 1160. The molecule has 2 aromatic heterocycles. The van der Waals surface area contributed by atoms with Crippen molar-refractivity contribution in [2.24, 2.45) is 0 Å². The maximum absolute atomic E-state index is 12.7. The fraction of sp³-hybridized carbons (Fsp3) is 0.346. The molecule has 0 radical (unpaired) electrons. The number of aromatic nitrogens is 1. The minimum Gasteiger partial charge on any atom is -0.458 e. The Labute approximate surface area is 217 Å². The molecule has 0 N–H and O–H groups in total. The molecule has 1 aromatic carbocycles. The van der Waals surface area contributed by atoms with Gasteiger partial charge in [-0.05, 0) is 29.5 Å². The molecule has 9 heteroatoms. The van der Waals surface area contributed by atoms with Crippen molar-refractivity contribution in [3.8, 4) is 27.8 Å². The van der Waals surface area contributed by atoms with Gasteiger partial charge >= 0.3 is 5.97 Å². The number of esters is 1. The van der Waals surface area contributed by atoms with E-state index >= 15 is 0 Å². The van der Waals surface area contributed by atoms with Crippen LogP contribution in [0.5, 0.6) is 0 Å².